The summed E-state index contributed by atoms with van der Waals surface area (Å²) >= 11 is 1.13. The molecule has 0 spiro atoms. The van der Waals surface area contributed by atoms with Crippen molar-refractivity contribution in [2.75, 3.05) is 23.4 Å². The summed E-state index contributed by atoms with van der Waals surface area (Å²) in [5.41, 5.74) is 0.468. The van der Waals surface area contributed by atoms with E-state index in [0.29, 0.717) is 18.0 Å². The third-order valence-corrected chi connectivity index (χ3v) is 6.57. The molecule has 0 saturated carbocycles. The summed E-state index contributed by atoms with van der Waals surface area (Å²) < 4.78 is 47.7. The lowest BCUT2D eigenvalue weighted by molar-refractivity contribution is -0.137. The van der Waals surface area contributed by atoms with Crippen molar-refractivity contribution in [3.8, 4) is 11.3 Å². The number of hydrogen-bond donors (Lipinski definition) is 0. The number of rotatable bonds is 9. The lowest BCUT2D eigenvalue weighted by atomic mass is 10.1. The Balaban J connectivity index is 1.79. The van der Waals surface area contributed by atoms with Crippen LogP contribution < -0.4 is 9.80 Å². The molecule has 0 fully saturated rings. The highest BCUT2D eigenvalue weighted by Crippen LogP contribution is 2.41. The van der Waals surface area contributed by atoms with Crippen LogP contribution in [-0.2, 0) is 6.18 Å². The fraction of sp³-hybridized carbons (Fsp3) is 0.308. The molecule has 0 radical (unpaired) electrons. The average Bonchev–Trinajstić information content (AvgIpc) is 3.54. The van der Waals surface area contributed by atoms with E-state index >= 15 is 0 Å². The molecule has 1 aromatic carbocycles. The number of hydrogen-bond acceptors (Lipinski definition) is 7. The SMILES string of the molecule is CCCCCN(C)c1ccc(N(C(=O)c2cc(C)on2)c2nc(-c3cccnc3)cs2)cc1C(F)(F)F. The quantitative estimate of drug-likeness (QED) is 0.215. The van der Waals surface area contributed by atoms with E-state index in [-0.39, 0.29) is 22.2 Å². The number of halogens is 3. The fourth-order valence-corrected chi connectivity index (χ4v) is 4.70. The predicted molar refractivity (Wildman–Crippen MR) is 137 cm³/mol. The molecule has 0 aliphatic heterocycles. The van der Waals surface area contributed by atoms with E-state index < -0.39 is 17.6 Å². The molecule has 0 atom stereocenters. The average molecular weight is 530 g/mol. The van der Waals surface area contributed by atoms with E-state index in [9.17, 15) is 18.0 Å². The van der Waals surface area contributed by atoms with Gasteiger partial charge in [-0.25, -0.2) is 4.98 Å². The molecule has 37 heavy (non-hydrogen) atoms. The van der Waals surface area contributed by atoms with Crippen LogP contribution in [0.2, 0.25) is 0 Å². The zero-order valence-electron chi connectivity index (χ0n) is 20.6. The number of amides is 1. The summed E-state index contributed by atoms with van der Waals surface area (Å²) in [4.78, 5) is 24.9. The van der Waals surface area contributed by atoms with E-state index in [1.807, 2.05) is 13.0 Å². The minimum absolute atomic E-state index is 0.0239. The van der Waals surface area contributed by atoms with Crippen LogP contribution in [0.5, 0.6) is 0 Å². The van der Waals surface area contributed by atoms with Gasteiger partial charge in [0.1, 0.15) is 5.76 Å². The largest absolute Gasteiger partial charge is 0.418 e. The van der Waals surface area contributed by atoms with Gasteiger partial charge in [-0.15, -0.1) is 11.3 Å². The van der Waals surface area contributed by atoms with Crippen molar-refractivity contribution >= 4 is 33.8 Å². The second-order valence-electron chi connectivity index (χ2n) is 8.55. The number of carbonyl (C=O) groups is 1. The molecule has 0 aliphatic carbocycles. The first-order valence-electron chi connectivity index (χ1n) is 11.7. The van der Waals surface area contributed by atoms with Crippen LogP contribution in [0.4, 0.5) is 29.7 Å². The number of anilines is 3. The highest BCUT2D eigenvalue weighted by molar-refractivity contribution is 7.14. The maximum atomic E-state index is 14.2. The van der Waals surface area contributed by atoms with E-state index in [4.69, 9.17) is 4.52 Å². The zero-order chi connectivity index (χ0) is 26.6. The van der Waals surface area contributed by atoms with Crippen LogP contribution in [0.3, 0.4) is 0 Å². The van der Waals surface area contributed by atoms with Crippen LogP contribution in [-0.4, -0.2) is 34.6 Å². The molecule has 0 N–H and O–H groups in total. The summed E-state index contributed by atoms with van der Waals surface area (Å²) in [5, 5.41) is 5.70. The lowest BCUT2D eigenvalue weighted by Crippen LogP contribution is -2.27. The zero-order valence-corrected chi connectivity index (χ0v) is 21.4. The number of alkyl halides is 3. The summed E-state index contributed by atoms with van der Waals surface area (Å²) in [6, 6.07) is 8.88. The van der Waals surface area contributed by atoms with Crippen molar-refractivity contribution in [1.82, 2.24) is 15.1 Å². The Morgan fingerprint density at radius 1 is 1.16 bits per heavy atom. The molecule has 194 valence electrons. The minimum atomic E-state index is -4.63. The second kappa shape index (κ2) is 11.1. The van der Waals surface area contributed by atoms with Gasteiger partial charge in [0.05, 0.1) is 16.9 Å². The molecule has 3 aromatic heterocycles. The Labute approximate surface area is 216 Å². The molecule has 0 bridgehead atoms. The van der Waals surface area contributed by atoms with Gasteiger partial charge < -0.3 is 9.42 Å². The number of benzene rings is 1. The van der Waals surface area contributed by atoms with Gasteiger partial charge in [-0.2, -0.15) is 13.2 Å². The molecule has 0 aliphatic rings. The molecule has 11 heteroatoms. The summed E-state index contributed by atoms with van der Waals surface area (Å²) in [6.07, 6.45) is 1.28. The van der Waals surface area contributed by atoms with Gasteiger partial charge in [-0.05, 0) is 43.7 Å². The van der Waals surface area contributed by atoms with E-state index in [2.05, 4.69) is 15.1 Å². The molecule has 0 saturated heterocycles. The lowest BCUT2D eigenvalue weighted by Gasteiger charge is -2.26. The van der Waals surface area contributed by atoms with Gasteiger partial charge in [-0.3, -0.25) is 14.7 Å². The maximum absolute atomic E-state index is 14.2. The summed E-state index contributed by atoms with van der Waals surface area (Å²) in [7, 11) is 1.64. The van der Waals surface area contributed by atoms with Crippen LogP contribution >= 0.6 is 11.3 Å². The van der Waals surface area contributed by atoms with Crippen LogP contribution in [0.1, 0.15) is 48.0 Å². The number of thiazole rings is 1. The highest BCUT2D eigenvalue weighted by atomic mass is 32.1. The van der Waals surface area contributed by atoms with E-state index in [1.54, 1.807) is 42.7 Å². The predicted octanol–water partition coefficient (Wildman–Crippen LogP) is 7.13. The molecule has 3 heterocycles. The van der Waals surface area contributed by atoms with Crippen LogP contribution in [0, 0.1) is 6.92 Å². The van der Waals surface area contributed by atoms with Crippen molar-refractivity contribution < 1.29 is 22.5 Å². The molecule has 7 nitrogen and oxygen atoms in total. The number of pyridine rings is 1. The Hall–Kier alpha value is -3.73. The van der Waals surface area contributed by atoms with E-state index in [0.717, 1.165) is 47.1 Å². The van der Waals surface area contributed by atoms with Gasteiger partial charge in [0.15, 0.2) is 10.8 Å². The first kappa shape index (κ1) is 26.3. The first-order valence-corrected chi connectivity index (χ1v) is 12.6. The summed E-state index contributed by atoms with van der Waals surface area (Å²) in [6.45, 7) is 4.15. The molecule has 1 amide bonds. The van der Waals surface area contributed by atoms with Crippen LogP contribution in [0.15, 0.2) is 58.7 Å². The third kappa shape index (κ3) is 5.99. The summed E-state index contributed by atoms with van der Waals surface area (Å²) in [5.74, 6) is -0.250. The van der Waals surface area contributed by atoms with Crippen LogP contribution in [0.25, 0.3) is 11.3 Å². The smallest absolute Gasteiger partial charge is 0.374 e. The van der Waals surface area contributed by atoms with Crippen molar-refractivity contribution in [2.24, 2.45) is 0 Å². The molecular weight excluding hydrogens is 503 g/mol. The Kier molecular flexibility index (Phi) is 7.91. The number of nitrogens with zero attached hydrogens (tertiary/aromatic N) is 5. The van der Waals surface area contributed by atoms with Crippen molar-refractivity contribution in [3.05, 3.63) is 71.2 Å². The Morgan fingerprint density at radius 2 is 1.97 bits per heavy atom. The van der Waals surface area contributed by atoms with Gasteiger partial charge >= 0.3 is 6.18 Å². The first-order chi connectivity index (χ1) is 17.7. The van der Waals surface area contributed by atoms with Gasteiger partial charge in [0, 0.05) is 48.7 Å². The molecule has 4 aromatic rings. The van der Waals surface area contributed by atoms with Crippen molar-refractivity contribution in [1.29, 1.82) is 0 Å². The molecule has 4 rings (SSSR count). The Morgan fingerprint density at radius 3 is 2.62 bits per heavy atom. The van der Waals surface area contributed by atoms with Crippen molar-refractivity contribution in [3.63, 3.8) is 0 Å². The second-order valence-corrected chi connectivity index (χ2v) is 9.38. The van der Waals surface area contributed by atoms with Gasteiger partial charge in [-0.1, -0.05) is 24.9 Å². The number of carbonyl (C=O) groups excluding carboxylic acids is 1. The van der Waals surface area contributed by atoms with Gasteiger partial charge in [0.25, 0.3) is 5.91 Å². The number of unbranched alkanes of at least 4 members (excludes halogenated alkanes) is 2. The van der Waals surface area contributed by atoms with Gasteiger partial charge in [0.2, 0.25) is 0 Å². The highest BCUT2D eigenvalue weighted by Gasteiger charge is 2.36. The monoisotopic (exact) mass is 529 g/mol. The normalized spacial score (nSPS) is 11.5. The molecular formula is C26H26F3N5O2S. The number of aryl methyl sites for hydroxylation is 1. The third-order valence-electron chi connectivity index (χ3n) is 5.74. The van der Waals surface area contributed by atoms with Crippen molar-refractivity contribution in [2.45, 2.75) is 39.3 Å². The number of aromatic nitrogens is 3. The minimum Gasteiger partial charge on any atom is -0.374 e. The standard InChI is InChI=1S/C26H26F3N5O2S/c1-4-5-6-12-33(3)23-10-9-19(14-20(23)26(27,28)29)34(24(35)21-13-17(2)36-32-21)25-31-22(16-37-25)18-8-7-11-30-15-18/h7-11,13-16H,4-6,12H2,1-3H3. The maximum Gasteiger partial charge on any atom is 0.418 e. The Bertz CT molecular complexity index is 1350. The molecule has 0 unspecified atom stereocenters. The van der Waals surface area contributed by atoms with E-state index in [1.165, 1.54) is 18.2 Å². The topological polar surface area (TPSA) is 75.4 Å². The fourth-order valence-electron chi connectivity index (χ4n) is 3.85.